The molecule has 0 aliphatic carbocycles. The van der Waals surface area contributed by atoms with Gasteiger partial charge in [0.1, 0.15) is 11.8 Å². The predicted molar refractivity (Wildman–Crippen MR) is 122 cm³/mol. The fourth-order valence-corrected chi connectivity index (χ4v) is 4.10. The van der Waals surface area contributed by atoms with Crippen molar-refractivity contribution >= 4 is 11.6 Å². The SMILES string of the molecule is COc1ncc(N2CCc3nc[nH]c(=O)c3C2)cc1C.Cc1nocc1C(=O)N1CCCC1. The van der Waals surface area contributed by atoms with Gasteiger partial charge in [-0.15, -0.1) is 0 Å². The van der Waals surface area contributed by atoms with E-state index < -0.39 is 0 Å². The number of carbonyl (C=O) groups is 1. The van der Waals surface area contributed by atoms with Crippen molar-refractivity contribution in [2.45, 2.75) is 39.7 Å². The number of H-pyrrole nitrogens is 1. The summed E-state index contributed by atoms with van der Waals surface area (Å²) >= 11 is 0. The molecule has 10 heteroatoms. The zero-order chi connectivity index (χ0) is 23.4. The van der Waals surface area contributed by atoms with E-state index in [9.17, 15) is 9.59 Å². The predicted octanol–water partition coefficient (Wildman–Crippen LogP) is 2.26. The van der Waals surface area contributed by atoms with Crippen molar-refractivity contribution in [1.29, 1.82) is 0 Å². The molecule has 1 N–H and O–H groups in total. The summed E-state index contributed by atoms with van der Waals surface area (Å²) in [5.41, 5.74) is 4.83. The molecule has 1 fully saturated rings. The van der Waals surface area contributed by atoms with Gasteiger partial charge in [-0.2, -0.15) is 0 Å². The third kappa shape index (κ3) is 4.89. The number of ether oxygens (including phenoxy) is 1. The Morgan fingerprint density at radius 3 is 2.64 bits per heavy atom. The zero-order valence-corrected chi connectivity index (χ0v) is 19.1. The minimum absolute atomic E-state index is 0.0521. The maximum absolute atomic E-state index is 11.9. The molecule has 1 amide bonds. The molecule has 10 nitrogen and oxygen atoms in total. The van der Waals surface area contributed by atoms with Gasteiger partial charge in [0.2, 0.25) is 5.88 Å². The molecule has 2 aliphatic heterocycles. The lowest BCUT2D eigenvalue weighted by Crippen LogP contribution is -2.35. The van der Waals surface area contributed by atoms with Gasteiger partial charge in [0.05, 0.1) is 48.8 Å². The van der Waals surface area contributed by atoms with Crippen LogP contribution in [0.3, 0.4) is 0 Å². The highest BCUT2D eigenvalue weighted by Gasteiger charge is 2.23. The molecule has 0 spiro atoms. The molecule has 0 aromatic carbocycles. The molecule has 0 saturated carbocycles. The Morgan fingerprint density at radius 1 is 1.18 bits per heavy atom. The van der Waals surface area contributed by atoms with Crippen LogP contribution in [-0.4, -0.2) is 57.7 Å². The fourth-order valence-electron chi connectivity index (χ4n) is 4.10. The number of carbonyl (C=O) groups excluding carboxylic acids is 1. The summed E-state index contributed by atoms with van der Waals surface area (Å²) in [7, 11) is 1.61. The highest BCUT2D eigenvalue weighted by Crippen LogP contribution is 2.25. The van der Waals surface area contributed by atoms with Crippen LogP contribution in [-0.2, 0) is 13.0 Å². The molecule has 174 valence electrons. The maximum Gasteiger partial charge on any atom is 0.259 e. The van der Waals surface area contributed by atoms with E-state index in [2.05, 4.69) is 25.0 Å². The number of anilines is 1. The summed E-state index contributed by atoms with van der Waals surface area (Å²) in [4.78, 5) is 38.7. The molecule has 3 aromatic rings. The molecular weight excluding hydrogens is 424 g/mol. The van der Waals surface area contributed by atoms with Crippen LogP contribution in [0.15, 0.2) is 34.2 Å². The van der Waals surface area contributed by atoms with Crippen molar-refractivity contribution in [3.05, 3.63) is 63.3 Å². The number of hydrogen-bond acceptors (Lipinski definition) is 8. The lowest BCUT2D eigenvalue weighted by atomic mass is 10.1. The van der Waals surface area contributed by atoms with Crippen molar-refractivity contribution in [2.75, 3.05) is 31.6 Å². The van der Waals surface area contributed by atoms with Crippen molar-refractivity contribution in [2.24, 2.45) is 0 Å². The minimum Gasteiger partial charge on any atom is -0.481 e. The topological polar surface area (TPSA) is 117 Å². The number of aromatic amines is 1. The Labute approximate surface area is 191 Å². The van der Waals surface area contributed by atoms with E-state index in [1.54, 1.807) is 20.2 Å². The van der Waals surface area contributed by atoms with Gasteiger partial charge in [-0.3, -0.25) is 9.59 Å². The number of methoxy groups -OCH3 is 1. The van der Waals surface area contributed by atoms with Gasteiger partial charge in [-0.05, 0) is 32.8 Å². The van der Waals surface area contributed by atoms with Gasteiger partial charge in [-0.25, -0.2) is 9.97 Å². The summed E-state index contributed by atoms with van der Waals surface area (Å²) in [5.74, 6) is 0.682. The molecule has 0 bridgehead atoms. The lowest BCUT2D eigenvalue weighted by Gasteiger charge is -2.29. The van der Waals surface area contributed by atoms with Gasteiger partial charge < -0.3 is 24.0 Å². The molecule has 3 aromatic heterocycles. The van der Waals surface area contributed by atoms with Gasteiger partial charge >= 0.3 is 0 Å². The van der Waals surface area contributed by atoms with Crippen LogP contribution in [0, 0.1) is 13.8 Å². The van der Waals surface area contributed by atoms with Gasteiger partial charge in [0.15, 0.2) is 0 Å². The first kappa shape index (κ1) is 22.5. The number of fused-ring (bicyclic) bond motifs is 1. The van der Waals surface area contributed by atoms with Crippen molar-refractivity contribution in [3.8, 4) is 5.88 Å². The Balaban J connectivity index is 0.000000172. The minimum atomic E-state index is -0.0575. The van der Waals surface area contributed by atoms with Crippen LogP contribution in [0.1, 0.15) is 45.7 Å². The highest BCUT2D eigenvalue weighted by atomic mass is 16.5. The first-order chi connectivity index (χ1) is 16.0. The number of aryl methyl sites for hydroxylation is 2. The summed E-state index contributed by atoms with van der Waals surface area (Å²) in [6.45, 7) is 6.87. The highest BCUT2D eigenvalue weighted by molar-refractivity contribution is 5.94. The molecule has 1 saturated heterocycles. The smallest absolute Gasteiger partial charge is 0.259 e. The van der Waals surface area contributed by atoms with Crippen LogP contribution < -0.4 is 15.2 Å². The zero-order valence-electron chi connectivity index (χ0n) is 19.1. The molecule has 0 unspecified atom stereocenters. The quantitative estimate of drug-likeness (QED) is 0.643. The van der Waals surface area contributed by atoms with Crippen molar-refractivity contribution in [3.63, 3.8) is 0 Å². The van der Waals surface area contributed by atoms with Gasteiger partial charge in [0, 0.05) is 31.6 Å². The average molecular weight is 453 g/mol. The number of likely N-dealkylation sites (tertiary alicyclic amines) is 1. The van der Waals surface area contributed by atoms with Crippen LogP contribution in [0.5, 0.6) is 5.88 Å². The van der Waals surface area contributed by atoms with E-state index in [1.165, 1.54) is 12.6 Å². The van der Waals surface area contributed by atoms with E-state index in [-0.39, 0.29) is 11.5 Å². The summed E-state index contributed by atoms with van der Waals surface area (Å²) in [5, 5.41) is 3.69. The first-order valence-corrected chi connectivity index (χ1v) is 11.0. The van der Waals surface area contributed by atoms with E-state index >= 15 is 0 Å². The van der Waals surface area contributed by atoms with Crippen LogP contribution in [0.2, 0.25) is 0 Å². The van der Waals surface area contributed by atoms with E-state index in [4.69, 9.17) is 9.26 Å². The lowest BCUT2D eigenvalue weighted by molar-refractivity contribution is 0.0791. The standard InChI is InChI=1S/C14H16N4O2.C9H12N2O2/c1-9-5-10(6-15-14(9)20-2)18-4-3-12-11(7-18)13(19)17-8-16-12;1-7-8(6-13-10-7)9(12)11-4-2-3-5-11/h5-6,8H,3-4,7H2,1-2H3,(H,16,17,19);6H,2-5H2,1H3. The number of amides is 1. The van der Waals surface area contributed by atoms with Crippen LogP contribution >= 0.6 is 0 Å². The number of hydrogen-bond donors (Lipinski definition) is 1. The molecule has 0 atom stereocenters. The Morgan fingerprint density at radius 2 is 1.97 bits per heavy atom. The second-order valence-electron chi connectivity index (χ2n) is 8.16. The van der Waals surface area contributed by atoms with Gasteiger partial charge in [-0.1, -0.05) is 5.16 Å². The maximum atomic E-state index is 11.9. The molecule has 2 aliphatic rings. The monoisotopic (exact) mass is 452 g/mol. The van der Waals surface area contributed by atoms with E-state index in [0.29, 0.717) is 23.7 Å². The summed E-state index contributed by atoms with van der Waals surface area (Å²) in [6, 6.07) is 2.03. The van der Waals surface area contributed by atoms with E-state index in [1.807, 2.05) is 17.9 Å². The fraction of sp³-hybridized carbons (Fsp3) is 0.435. The van der Waals surface area contributed by atoms with Crippen LogP contribution in [0.25, 0.3) is 0 Å². The number of nitrogens with one attached hydrogen (secondary N) is 1. The van der Waals surface area contributed by atoms with Crippen molar-refractivity contribution in [1.82, 2.24) is 25.0 Å². The molecule has 33 heavy (non-hydrogen) atoms. The molecule has 0 radical (unpaired) electrons. The normalized spacial score (nSPS) is 15.0. The molecule has 5 heterocycles. The Bertz CT molecular complexity index is 1180. The second kappa shape index (κ2) is 9.85. The summed E-state index contributed by atoms with van der Waals surface area (Å²) in [6.07, 6.45) is 7.66. The second-order valence-corrected chi connectivity index (χ2v) is 8.16. The number of nitrogens with zero attached hydrogens (tertiary/aromatic N) is 5. The Hall–Kier alpha value is -3.69. The number of rotatable bonds is 3. The van der Waals surface area contributed by atoms with E-state index in [0.717, 1.165) is 61.4 Å². The largest absolute Gasteiger partial charge is 0.481 e. The average Bonchev–Trinajstić information content (AvgIpc) is 3.51. The van der Waals surface area contributed by atoms with Crippen molar-refractivity contribution < 1.29 is 14.1 Å². The molecular formula is C23H28N6O4. The van der Waals surface area contributed by atoms with Gasteiger partial charge in [0.25, 0.3) is 11.5 Å². The Kier molecular flexibility index (Phi) is 6.71. The third-order valence-corrected chi connectivity index (χ3v) is 5.95. The first-order valence-electron chi connectivity index (χ1n) is 11.0. The van der Waals surface area contributed by atoms with Crippen LogP contribution in [0.4, 0.5) is 5.69 Å². The molecule has 5 rings (SSSR count). The number of aromatic nitrogens is 4. The summed E-state index contributed by atoms with van der Waals surface area (Å²) < 4.78 is 9.90. The third-order valence-electron chi connectivity index (χ3n) is 5.95. The number of pyridine rings is 1.